The fourth-order valence-electron chi connectivity index (χ4n) is 2.17. The molecule has 0 aliphatic heterocycles. The van der Waals surface area contributed by atoms with Crippen LogP contribution in [0.25, 0.3) is 0 Å². The Hall–Kier alpha value is -2.67. The van der Waals surface area contributed by atoms with Gasteiger partial charge in [0.15, 0.2) is 0 Å². The minimum atomic E-state index is -0.181. The Bertz CT molecular complexity index is 644. The Morgan fingerprint density at radius 1 is 1.08 bits per heavy atom. The second-order valence-corrected chi connectivity index (χ2v) is 5.42. The third-order valence-corrected chi connectivity index (χ3v) is 3.58. The third kappa shape index (κ3) is 6.39. The number of nitrogens with zero attached hydrogens (tertiary/aromatic N) is 2. The topological polar surface area (TPSA) is 85.4 Å². The zero-order chi connectivity index (χ0) is 17.9. The van der Waals surface area contributed by atoms with Gasteiger partial charge in [-0.1, -0.05) is 12.1 Å². The van der Waals surface area contributed by atoms with Gasteiger partial charge < -0.3 is 20.1 Å². The highest BCUT2D eigenvalue weighted by atomic mass is 16.5. The smallest absolute Gasteiger partial charge is 0.254 e. The van der Waals surface area contributed by atoms with Crippen LogP contribution in [0, 0.1) is 0 Å². The van der Waals surface area contributed by atoms with Gasteiger partial charge in [0.2, 0.25) is 5.95 Å². The maximum atomic E-state index is 12.1. The molecule has 0 atom stereocenters. The van der Waals surface area contributed by atoms with Crippen molar-refractivity contribution in [3.05, 3.63) is 47.8 Å². The molecule has 1 amide bonds. The lowest BCUT2D eigenvalue weighted by Gasteiger charge is -2.07. The van der Waals surface area contributed by atoms with Crippen LogP contribution in [-0.4, -0.2) is 49.8 Å². The molecule has 2 aromatic rings. The van der Waals surface area contributed by atoms with Crippen molar-refractivity contribution in [3.63, 3.8) is 0 Å². The van der Waals surface area contributed by atoms with E-state index in [9.17, 15) is 4.79 Å². The summed E-state index contributed by atoms with van der Waals surface area (Å²) in [6.45, 7) is 1.95. The van der Waals surface area contributed by atoms with E-state index in [-0.39, 0.29) is 5.91 Å². The summed E-state index contributed by atoms with van der Waals surface area (Å²) in [5.41, 5.74) is 1.57. The van der Waals surface area contributed by atoms with Crippen molar-refractivity contribution >= 4 is 11.9 Å². The molecule has 0 spiro atoms. The van der Waals surface area contributed by atoms with E-state index in [4.69, 9.17) is 9.47 Å². The Kier molecular flexibility index (Phi) is 7.65. The summed E-state index contributed by atoms with van der Waals surface area (Å²) < 4.78 is 10.1. The Morgan fingerprint density at radius 3 is 2.44 bits per heavy atom. The second-order valence-electron chi connectivity index (χ2n) is 5.42. The van der Waals surface area contributed by atoms with Crippen LogP contribution in [0.3, 0.4) is 0 Å². The first-order valence-electron chi connectivity index (χ1n) is 8.19. The number of methoxy groups -OCH3 is 2. The van der Waals surface area contributed by atoms with Gasteiger partial charge in [0.25, 0.3) is 5.91 Å². The summed E-state index contributed by atoms with van der Waals surface area (Å²) in [4.78, 5) is 20.4. The highest BCUT2D eigenvalue weighted by Gasteiger charge is 2.06. The Morgan fingerprint density at radius 2 is 1.80 bits per heavy atom. The molecule has 25 heavy (non-hydrogen) atoms. The molecule has 0 unspecified atom stereocenters. The normalized spacial score (nSPS) is 10.3. The minimum absolute atomic E-state index is 0.181. The summed E-state index contributed by atoms with van der Waals surface area (Å²) in [5.74, 6) is 1.14. The molecule has 0 saturated carbocycles. The van der Waals surface area contributed by atoms with Gasteiger partial charge in [-0.05, 0) is 30.5 Å². The van der Waals surface area contributed by atoms with Crippen molar-refractivity contribution < 1.29 is 14.3 Å². The summed E-state index contributed by atoms with van der Waals surface area (Å²) in [7, 11) is 3.30. The molecule has 0 radical (unpaired) electrons. The van der Waals surface area contributed by atoms with Crippen LogP contribution in [-0.2, 0) is 11.2 Å². The van der Waals surface area contributed by atoms with E-state index in [1.807, 2.05) is 24.3 Å². The van der Waals surface area contributed by atoms with Crippen molar-refractivity contribution in [1.29, 1.82) is 0 Å². The maximum Gasteiger partial charge on any atom is 0.254 e. The fraction of sp³-hybridized carbons (Fsp3) is 0.389. The number of hydrogen-bond acceptors (Lipinski definition) is 6. The number of anilines is 1. The van der Waals surface area contributed by atoms with Gasteiger partial charge in [0.05, 0.1) is 12.7 Å². The van der Waals surface area contributed by atoms with Crippen molar-refractivity contribution in [2.24, 2.45) is 0 Å². The number of aromatic nitrogens is 2. The quantitative estimate of drug-likeness (QED) is 0.641. The largest absolute Gasteiger partial charge is 0.497 e. The van der Waals surface area contributed by atoms with Crippen LogP contribution in [0.4, 0.5) is 5.95 Å². The van der Waals surface area contributed by atoms with E-state index < -0.39 is 0 Å². The summed E-state index contributed by atoms with van der Waals surface area (Å²) in [5, 5.41) is 5.94. The molecule has 0 fully saturated rings. The fourth-order valence-corrected chi connectivity index (χ4v) is 2.17. The van der Waals surface area contributed by atoms with E-state index in [2.05, 4.69) is 20.6 Å². The molecule has 0 aliphatic carbocycles. The first kappa shape index (κ1) is 18.7. The van der Waals surface area contributed by atoms with Crippen LogP contribution >= 0.6 is 0 Å². The number of benzene rings is 1. The summed E-state index contributed by atoms with van der Waals surface area (Å²) >= 11 is 0. The van der Waals surface area contributed by atoms with Gasteiger partial charge in [-0.25, -0.2) is 9.97 Å². The van der Waals surface area contributed by atoms with Gasteiger partial charge in [0.1, 0.15) is 5.75 Å². The van der Waals surface area contributed by atoms with Crippen molar-refractivity contribution in [3.8, 4) is 5.75 Å². The van der Waals surface area contributed by atoms with E-state index in [0.29, 0.717) is 24.7 Å². The third-order valence-electron chi connectivity index (χ3n) is 3.58. The highest BCUT2D eigenvalue weighted by Crippen LogP contribution is 2.11. The number of carbonyl (C=O) groups is 1. The molecule has 2 rings (SSSR count). The predicted molar refractivity (Wildman–Crippen MR) is 96.0 cm³/mol. The number of rotatable bonds is 10. The summed E-state index contributed by atoms with van der Waals surface area (Å²) in [6, 6.07) is 7.78. The van der Waals surface area contributed by atoms with Crippen LogP contribution in [0.2, 0.25) is 0 Å². The lowest BCUT2D eigenvalue weighted by molar-refractivity contribution is 0.0953. The summed E-state index contributed by atoms with van der Waals surface area (Å²) in [6.07, 6.45) is 4.66. The first-order chi connectivity index (χ1) is 12.2. The van der Waals surface area contributed by atoms with Crippen LogP contribution in [0.1, 0.15) is 22.3 Å². The van der Waals surface area contributed by atoms with Gasteiger partial charge in [0, 0.05) is 39.2 Å². The van der Waals surface area contributed by atoms with E-state index >= 15 is 0 Å². The zero-order valence-electron chi connectivity index (χ0n) is 14.6. The molecule has 0 saturated heterocycles. The number of amides is 1. The van der Waals surface area contributed by atoms with Gasteiger partial charge in [-0.3, -0.25) is 4.79 Å². The van der Waals surface area contributed by atoms with Crippen LogP contribution in [0.5, 0.6) is 5.75 Å². The average molecular weight is 344 g/mol. The van der Waals surface area contributed by atoms with Crippen molar-refractivity contribution in [1.82, 2.24) is 15.3 Å². The molecular formula is C18H24N4O3. The number of ether oxygens (including phenoxy) is 2. The number of hydrogen-bond donors (Lipinski definition) is 2. The molecule has 1 aromatic heterocycles. The lowest BCUT2D eigenvalue weighted by Crippen LogP contribution is -2.26. The van der Waals surface area contributed by atoms with Gasteiger partial charge in [-0.2, -0.15) is 0 Å². The molecule has 1 heterocycles. The van der Waals surface area contributed by atoms with Crippen LogP contribution in [0.15, 0.2) is 36.7 Å². The molecule has 0 aliphatic rings. The second kappa shape index (κ2) is 10.2. The molecule has 2 N–H and O–H groups in total. The lowest BCUT2D eigenvalue weighted by atomic mass is 10.1. The van der Waals surface area contributed by atoms with Crippen molar-refractivity contribution in [2.45, 2.75) is 12.8 Å². The Balaban J connectivity index is 1.74. The SMILES string of the molecule is COCCCNc1ncc(C(=O)NCCc2ccc(OC)cc2)cn1. The molecule has 0 bridgehead atoms. The number of carbonyl (C=O) groups excluding carboxylic acids is 1. The highest BCUT2D eigenvalue weighted by molar-refractivity contribution is 5.93. The molecule has 7 heteroatoms. The monoisotopic (exact) mass is 344 g/mol. The standard InChI is InChI=1S/C18H24N4O3/c1-24-11-3-9-20-18-21-12-15(13-22-18)17(23)19-10-8-14-4-6-16(25-2)7-5-14/h4-7,12-13H,3,8-11H2,1-2H3,(H,19,23)(H,20,21,22). The first-order valence-corrected chi connectivity index (χ1v) is 8.19. The van der Waals surface area contributed by atoms with E-state index in [0.717, 1.165) is 30.7 Å². The van der Waals surface area contributed by atoms with Crippen molar-refractivity contribution in [2.75, 3.05) is 39.2 Å². The average Bonchev–Trinajstić information content (AvgIpc) is 2.66. The van der Waals surface area contributed by atoms with Gasteiger partial charge >= 0.3 is 0 Å². The molecule has 134 valence electrons. The van der Waals surface area contributed by atoms with Gasteiger partial charge in [-0.15, -0.1) is 0 Å². The minimum Gasteiger partial charge on any atom is -0.497 e. The maximum absolute atomic E-state index is 12.1. The van der Waals surface area contributed by atoms with E-state index in [1.54, 1.807) is 14.2 Å². The Labute approximate surface area is 147 Å². The van der Waals surface area contributed by atoms with E-state index in [1.165, 1.54) is 12.4 Å². The predicted octanol–water partition coefficient (Wildman–Crippen LogP) is 1.91. The number of nitrogens with one attached hydrogen (secondary N) is 2. The molecule has 1 aromatic carbocycles. The zero-order valence-corrected chi connectivity index (χ0v) is 14.6. The molecule has 7 nitrogen and oxygen atoms in total. The molecular weight excluding hydrogens is 320 g/mol. The van der Waals surface area contributed by atoms with Crippen LogP contribution < -0.4 is 15.4 Å².